The minimum Gasteiger partial charge on any atom is -0.441 e. The molecule has 17 heavy (non-hydrogen) atoms. The zero-order valence-corrected chi connectivity index (χ0v) is 10.2. The molecule has 1 amide bonds. The maximum atomic E-state index is 11.3. The van der Waals surface area contributed by atoms with E-state index in [2.05, 4.69) is 12.2 Å². The molecule has 1 aromatic rings. The maximum Gasteiger partial charge on any atom is 0.407 e. The van der Waals surface area contributed by atoms with Crippen LogP contribution in [0.2, 0.25) is 0 Å². The second kappa shape index (κ2) is 5.71. The Labute approximate surface area is 102 Å². The lowest BCUT2D eigenvalue weighted by Crippen LogP contribution is -2.40. The topological polar surface area (TPSA) is 38.3 Å². The van der Waals surface area contributed by atoms with Crippen molar-refractivity contribution in [3.05, 3.63) is 35.9 Å². The van der Waals surface area contributed by atoms with Crippen LogP contribution in [0.15, 0.2) is 30.3 Å². The lowest BCUT2D eigenvalue weighted by molar-refractivity contribution is 0.0323. The molecule has 3 heteroatoms. The first-order valence-electron chi connectivity index (χ1n) is 6.30. The van der Waals surface area contributed by atoms with Gasteiger partial charge in [0.25, 0.3) is 0 Å². The van der Waals surface area contributed by atoms with Crippen LogP contribution in [0.3, 0.4) is 0 Å². The zero-order valence-electron chi connectivity index (χ0n) is 10.2. The average molecular weight is 233 g/mol. The Morgan fingerprint density at radius 1 is 1.35 bits per heavy atom. The van der Waals surface area contributed by atoms with E-state index in [1.165, 1.54) is 12.8 Å². The molecule has 1 aliphatic rings. The molecule has 1 fully saturated rings. The largest absolute Gasteiger partial charge is 0.441 e. The predicted octanol–water partition coefficient (Wildman–Crippen LogP) is 3.27. The summed E-state index contributed by atoms with van der Waals surface area (Å²) in [5.41, 5.74) is 1.10. The van der Waals surface area contributed by atoms with Crippen molar-refractivity contribution in [3.8, 4) is 0 Å². The predicted molar refractivity (Wildman–Crippen MR) is 66.7 cm³/mol. The van der Waals surface area contributed by atoms with Crippen molar-refractivity contribution in [2.45, 2.75) is 32.3 Å². The molecule has 3 nitrogen and oxygen atoms in total. The van der Waals surface area contributed by atoms with E-state index in [0.717, 1.165) is 18.5 Å². The lowest BCUT2D eigenvalue weighted by Gasteiger charge is -2.32. The van der Waals surface area contributed by atoms with E-state index >= 15 is 0 Å². The number of nitrogens with one attached hydrogen (secondary N) is 1. The summed E-state index contributed by atoms with van der Waals surface area (Å²) in [6.45, 7) is 2.90. The minimum atomic E-state index is -0.299. The summed E-state index contributed by atoms with van der Waals surface area (Å²) in [5.74, 6) is 0.384. The van der Waals surface area contributed by atoms with Crippen LogP contribution in [0.1, 0.15) is 37.9 Å². The summed E-state index contributed by atoms with van der Waals surface area (Å²) in [4.78, 5) is 11.3. The Morgan fingerprint density at radius 3 is 2.82 bits per heavy atom. The average Bonchev–Trinajstić information content (AvgIpc) is 2.38. The van der Waals surface area contributed by atoms with Crippen molar-refractivity contribution in [2.75, 3.05) is 6.54 Å². The fourth-order valence-corrected chi connectivity index (χ4v) is 2.28. The Balaban J connectivity index is 2.11. The fourth-order valence-electron chi connectivity index (χ4n) is 2.28. The molecule has 0 radical (unpaired) electrons. The van der Waals surface area contributed by atoms with Crippen molar-refractivity contribution in [3.63, 3.8) is 0 Å². The van der Waals surface area contributed by atoms with Crippen molar-refractivity contribution < 1.29 is 9.53 Å². The van der Waals surface area contributed by atoms with Gasteiger partial charge in [-0.05, 0) is 12.0 Å². The molecule has 92 valence electrons. The van der Waals surface area contributed by atoms with E-state index < -0.39 is 0 Å². The maximum absolute atomic E-state index is 11.3. The molecule has 0 unspecified atom stereocenters. The van der Waals surface area contributed by atoms with Crippen LogP contribution in [-0.2, 0) is 4.74 Å². The highest BCUT2D eigenvalue weighted by Gasteiger charge is 2.30. The van der Waals surface area contributed by atoms with Gasteiger partial charge >= 0.3 is 6.09 Å². The first-order valence-corrected chi connectivity index (χ1v) is 6.30. The number of benzene rings is 1. The fraction of sp³-hybridized carbons (Fsp3) is 0.500. The van der Waals surface area contributed by atoms with Gasteiger partial charge < -0.3 is 10.1 Å². The van der Waals surface area contributed by atoms with Crippen LogP contribution in [0, 0.1) is 5.92 Å². The number of hydrogen-bond acceptors (Lipinski definition) is 2. The van der Waals surface area contributed by atoms with Crippen molar-refractivity contribution in [1.29, 1.82) is 0 Å². The van der Waals surface area contributed by atoms with Gasteiger partial charge in [0.05, 0.1) is 0 Å². The van der Waals surface area contributed by atoms with Crippen molar-refractivity contribution >= 4 is 6.09 Å². The first kappa shape index (κ1) is 12.0. The van der Waals surface area contributed by atoms with E-state index in [-0.39, 0.29) is 12.2 Å². The van der Waals surface area contributed by atoms with Gasteiger partial charge in [-0.25, -0.2) is 4.79 Å². The molecule has 0 aromatic heterocycles. The van der Waals surface area contributed by atoms with Gasteiger partial charge in [-0.1, -0.05) is 50.1 Å². The number of carbonyl (C=O) groups is 1. The minimum absolute atomic E-state index is 0.0866. The van der Waals surface area contributed by atoms with Crippen LogP contribution in [0.5, 0.6) is 0 Å². The van der Waals surface area contributed by atoms with Crippen LogP contribution in [0.4, 0.5) is 4.79 Å². The third-order valence-corrected chi connectivity index (χ3v) is 3.23. The molecule has 0 saturated carbocycles. The van der Waals surface area contributed by atoms with Gasteiger partial charge in [0.15, 0.2) is 0 Å². The molecule has 1 aromatic carbocycles. The van der Waals surface area contributed by atoms with E-state index in [9.17, 15) is 4.79 Å². The van der Waals surface area contributed by atoms with E-state index in [1.807, 2.05) is 30.3 Å². The zero-order chi connectivity index (χ0) is 12.1. The summed E-state index contributed by atoms with van der Waals surface area (Å²) >= 11 is 0. The summed E-state index contributed by atoms with van der Waals surface area (Å²) < 4.78 is 5.43. The molecule has 1 saturated heterocycles. The van der Waals surface area contributed by atoms with E-state index in [1.54, 1.807) is 0 Å². The van der Waals surface area contributed by atoms with Crippen molar-refractivity contribution in [2.24, 2.45) is 5.92 Å². The molecule has 0 bridgehead atoms. The Hall–Kier alpha value is -1.51. The number of unbranched alkanes of at least 4 members (excludes halogenated alkanes) is 1. The summed E-state index contributed by atoms with van der Waals surface area (Å²) in [5, 5.41) is 2.78. The SMILES string of the molecule is CCCC[C@@H]1CNC(=O)O[C@H]1c1ccccc1. The van der Waals surface area contributed by atoms with Crippen LogP contribution in [0.25, 0.3) is 0 Å². The van der Waals surface area contributed by atoms with Crippen molar-refractivity contribution in [1.82, 2.24) is 5.32 Å². The number of alkyl carbamates (subject to hydrolysis) is 1. The van der Waals surface area contributed by atoms with Gasteiger partial charge in [-0.3, -0.25) is 0 Å². The summed E-state index contributed by atoms with van der Waals surface area (Å²) in [6, 6.07) is 10.0. The Morgan fingerprint density at radius 2 is 2.12 bits per heavy atom. The molecule has 1 aliphatic heterocycles. The highest BCUT2D eigenvalue weighted by Crippen LogP contribution is 2.31. The van der Waals surface area contributed by atoms with Gasteiger partial charge in [-0.15, -0.1) is 0 Å². The molecule has 1 heterocycles. The Bertz CT molecular complexity index is 364. The smallest absolute Gasteiger partial charge is 0.407 e. The summed E-state index contributed by atoms with van der Waals surface area (Å²) in [6.07, 6.45) is 3.05. The third kappa shape index (κ3) is 2.99. The van der Waals surface area contributed by atoms with Crippen LogP contribution in [-0.4, -0.2) is 12.6 Å². The van der Waals surface area contributed by atoms with Crippen LogP contribution >= 0.6 is 0 Å². The first-order chi connectivity index (χ1) is 8.31. The van der Waals surface area contributed by atoms with E-state index in [0.29, 0.717) is 5.92 Å². The summed E-state index contributed by atoms with van der Waals surface area (Å²) in [7, 11) is 0. The number of carbonyl (C=O) groups excluding carboxylic acids is 1. The second-order valence-corrected chi connectivity index (χ2v) is 4.52. The second-order valence-electron chi connectivity index (χ2n) is 4.52. The van der Waals surface area contributed by atoms with Gasteiger partial charge in [0.2, 0.25) is 0 Å². The lowest BCUT2D eigenvalue weighted by atomic mass is 9.90. The number of cyclic esters (lactones) is 1. The van der Waals surface area contributed by atoms with Gasteiger partial charge in [0.1, 0.15) is 6.10 Å². The molecular weight excluding hydrogens is 214 g/mol. The quantitative estimate of drug-likeness (QED) is 0.866. The Kier molecular flexibility index (Phi) is 4.02. The third-order valence-electron chi connectivity index (χ3n) is 3.23. The number of amides is 1. The number of rotatable bonds is 4. The monoisotopic (exact) mass is 233 g/mol. The van der Waals surface area contributed by atoms with Gasteiger partial charge in [0, 0.05) is 12.5 Å². The molecule has 0 aliphatic carbocycles. The molecule has 2 atom stereocenters. The number of hydrogen-bond donors (Lipinski definition) is 1. The molecule has 1 N–H and O–H groups in total. The molecular formula is C14H19NO2. The highest BCUT2D eigenvalue weighted by molar-refractivity contribution is 5.68. The molecule has 2 rings (SSSR count). The normalized spacial score (nSPS) is 23.9. The van der Waals surface area contributed by atoms with Crippen LogP contribution < -0.4 is 5.32 Å². The number of ether oxygens (including phenoxy) is 1. The van der Waals surface area contributed by atoms with E-state index in [4.69, 9.17) is 4.74 Å². The van der Waals surface area contributed by atoms with Gasteiger partial charge in [-0.2, -0.15) is 0 Å². The standard InChI is InChI=1S/C14H19NO2/c1-2-3-7-12-10-15-14(16)17-13(12)11-8-5-4-6-9-11/h4-6,8-9,12-13H,2-3,7,10H2,1H3,(H,15,16)/t12-,13+/m1/s1. The molecule has 0 spiro atoms. The highest BCUT2D eigenvalue weighted by atomic mass is 16.6.